The molecular weight excluding hydrogens is 578 g/mol. The number of fused-ring (bicyclic) bond motifs is 11. The summed E-state index contributed by atoms with van der Waals surface area (Å²) in [7, 11) is 1.64. The van der Waals surface area contributed by atoms with Gasteiger partial charge in [0.15, 0.2) is 5.82 Å². The molecule has 1 amide bonds. The lowest BCUT2D eigenvalue weighted by Crippen LogP contribution is -2.45. The lowest BCUT2D eigenvalue weighted by Gasteiger charge is -2.30. The van der Waals surface area contributed by atoms with Crippen molar-refractivity contribution in [1.82, 2.24) is 29.0 Å². The van der Waals surface area contributed by atoms with Crippen LogP contribution >= 0.6 is 0 Å². The number of hydrogen-bond acceptors (Lipinski definition) is 7. The third kappa shape index (κ3) is 4.95. The molecule has 2 aromatic carbocycles. The topological polar surface area (TPSA) is 113 Å². The standard InChI is InChI=1S/C36H35N7O3/c1-45-32-18-25(36(44)41-12-5-8-27(37)22-41)16-29-33(32)43-21-23-15-26(20-38-19-23)28-9-2-3-10-31(28)46-14-6-13-42-30(35(43)40-29)17-24-7-4-11-39-34(24)42/h2-4,7,9-11,15-20,27H,5-6,8,12-14,21-22,37H2,1H3/t27-/m1/s1. The average molecular weight is 614 g/mol. The molecule has 6 heterocycles. The van der Waals surface area contributed by atoms with Crippen LogP contribution in [0.3, 0.4) is 0 Å². The van der Waals surface area contributed by atoms with Gasteiger partial charge in [-0.25, -0.2) is 9.97 Å². The first-order chi connectivity index (χ1) is 22.6. The molecule has 0 saturated carbocycles. The Morgan fingerprint density at radius 2 is 1.93 bits per heavy atom. The fraction of sp³-hybridized carbons (Fsp3) is 0.278. The lowest BCUT2D eigenvalue weighted by atomic mass is 10.0. The fourth-order valence-electron chi connectivity index (χ4n) is 6.87. The van der Waals surface area contributed by atoms with Crippen LogP contribution in [0.4, 0.5) is 0 Å². The predicted octanol–water partition coefficient (Wildman–Crippen LogP) is 5.52. The largest absolute Gasteiger partial charge is 0.494 e. The second-order valence-corrected chi connectivity index (χ2v) is 12.1. The number of carbonyl (C=O) groups is 1. The van der Waals surface area contributed by atoms with Gasteiger partial charge < -0.3 is 29.2 Å². The van der Waals surface area contributed by atoms with Crippen LogP contribution in [0, 0.1) is 0 Å². The summed E-state index contributed by atoms with van der Waals surface area (Å²) < 4.78 is 16.7. The summed E-state index contributed by atoms with van der Waals surface area (Å²) in [4.78, 5) is 30.2. The maximum Gasteiger partial charge on any atom is 0.254 e. The maximum absolute atomic E-state index is 13.7. The van der Waals surface area contributed by atoms with Crippen molar-refractivity contribution in [2.45, 2.75) is 38.4 Å². The zero-order valence-corrected chi connectivity index (χ0v) is 25.7. The van der Waals surface area contributed by atoms with Crippen molar-refractivity contribution in [3.63, 3.8) is 0 Å². The van der Waals surface area contributed by atoms with Crippen molar-refractivity contribution >= 4 is 28.0 Å². The fourth-order valence-corrected chi connectivity index (χ4v) is 6.87. The molecule has 8 rings (SSSR count). The summed E-state index contributed by atoms with van der Waals surface area (Å²) in [5.74, 6) is 2.13. The number of carbonyl (C=O) groups excluding carboxylic acids is 1. The van der Waals surface area contributed by atoms with Crippen LogP contribution in [0.15, 0.2) is 79.3 Å². The van der Waals surface area contributed by atoms with E-state index >= 15 is 0 Å². The highest BCUT2D eigenvalue weighted by molar-refractivity contribution is 6.00. The van der Waals surface area contributed by atoms with E-state index < -0.39 is 0 Å². The van der Waals surface area contributed by atoms with Crippen LogP contribution in [0.5, 0.6) is 11.5 Å². The number of rotatable bonds is 2. The summed E-state index contributed by atoms with van der Waals surface area (Å²) in [5, 5.41) is 1.03. The van der Waals surface area contributed by atoms with Crippen molar-refractivity contribution in [3.8, 4) is 34.1 Å². The zero-order valence-electron chi connectivity index (χ0n) is 25.7. The smallest absolute Gasteiger partial charge is 0.254 e. The number of aryl methyl sites for hydroxylation is 1. The molecule has 10 nitrogen and oxygen atoms in total. The lowest BCUT2D eigenvalue weighted by molar-refractivity contribution is 0.0708. The number of amides is 1. The van der Waals surface area contributed by atoms with E-state index in [0.717, 1.165) is 69.8 Å². The van der Waals surface area contributed by atoms with Gasteiger partial charge in [0.1, 0.15) is 22.7 Å². The maximum atomic E-state index is 13.7. The molecule has 0 spiro atoms. The van der Waals surface area contributed by atoms with Gasteiger partial charge in [0.05, 0.1) is 31.5 Å². The number of imidazole rings is 1. The Hall–Kier alpha value is -5.22. The van der Waals surface area contributed by atoms with Crippen molar-refractivity contribution < 1.29 is 14.3 Å². The Morgan fingerprint density at radius 3 is 2.83 bits per heavy atom. The predicted molar refractivity (Wildman–Crippen MR) is 177 cm³/mol. The molecule has 6 aromatic rings. The third-order valence-electron chi connectivity index (χ3n) is 9.02. The summed E-state index contributed by atoms with van der Waals surface area (Å²) >= 11 is 0. The number of piperidine rings is 1. The Balaban J connectivity index is 1.35. The second kappa shape index (κ2) is 11.6. The molecule has 2 N–H and O–H groups in total. The van der Waals surface area contributed by atoms with Crippen molar-refractivity contribution in [3.05, 3.63) is 90.4 Å². The van der Waals surface area contributed by atoms with Gasteiger partial charge in [-0.05, 0) is 67.3 Å². The Kier molecular flexibility index (Phi) is 7.14. The van der Waals surface area contributed by atoms with Crippen LogP contribution in [0.25, 0.3) is 44.7 Å². The van der Waals surface area contributed by atoms with Gasteiger partial charge in [-0.2, -0.15) is 0 Å². The van der Waals surface area contributed by atoms with E-state index in [1.165, 1.54) is 0 Å². The van der Waals surface area contributed by atoms with E-state index in [-0.39, 0.29) is 11.9 Å². The molecule has 1 saturated heterocycles. The number of likely N-dealkylation sites (tertiary alicyclic amines) is 1. The third-order valence-corrected chi connectivity index (χ3v) is 9.02. The molecule has 1 atom stereocenters. The minimum atomic E-state index is -0.0567. The Morgan fingerprint density at radius 1 is 1.02 bits per heavy atom. The molecule has 1 fully saturated rings. The van der Waals surface area contributed by atoms with E-state index in [2.05, 4.69) is 38.4 Å². The first-order valence-corrected chi connectivity index (χ1v) is 15.8. The molecule has 0 unspecified atom stereocenters. The van der Waals surface area contributed by atoms with Gasteiger partial charge in [0.2, 0.25) is 0 Å². The van der Waals surface area contributed by atoms with Gasteiger partial charge >= 0.3 is 0 Å². The number of benzene rings is 2. The zero-order chi connectivity index (χ0) is 31.2. The van der Waals surface area contributed by atoms with Gasteiger partial charge in [-0.1, -0.05) is 18.2 Å². The first kappa shape index (κ1) is 28.3. The molecule has 2 aliphatic rings. The van der Waals surface area contributed by atoms with Crippen LogP contribution in [0.1, 0.15) is 35.2 Å². The number of pyridine rings is 2. The highest BCUT2D eigenvalue weighted by Crippen LogP contribution is 2.37. The normalized spacial score (nSPS) is 16.7. The SMILES string of the molecule is COc1cc(C(=O)N2CCC[C@@H](N)C2)cc2nc3n(c12)Cc1cncc(c1)-c1ccccc1OCCCn1c-3cc2cccnc21. The van der Waals surface area contributed by atoms with E-state index in [1.807, 2.05) is 59.9 Å². The van der Waals surface area contributed by atoms with Crippen molar-refractivity contribution in [2.24, 2.45) is 5.73 Å². The van der Waals surface area contributed by atoms with Gasteiger partial charge in [0, 0.05) is 66.3 Å². The van der Waals surface area contributed by atoms with Gasteiger partial charge in [-0.3, -0.25) is 9.78 Å². The number of methoxy groups -OCH3 is 1. The Labute approximate surface area is 266 Å². The van der Waals surface area contributed by atoms with Gasteiger partial charge in [-0.15, -0.1) is 0 Å². The van der Waals surface area contributed by atoms with E-state index in [0.29, 0.717) is 49.6 Å². The van der Waals surface area contributed by atoms with Crippen LogP contribution < -0.4 is 15.2 Å². The highest BCUT2D eigenvalue weighted by Gasteiger charge is 2.27. The summed E-state index contributed by atoms with van der Waals surface area (Å²) in [5.41, 5.74) is 13.1. The monoisotopic (exact) mass is 613 g/mol. The number of para-hydroxylation sites is 1. The van der Waals surface area contributed by atoms with Crippen molar-refractivity contribution in [1.29, 1.82) is 0 Å². The Bertz CT molecular complexity index is 2100. The first-order valence-electron chi connectivity index (χ1n) is 15.8. The molecule has 2 bridgehead atoms. The highest BCUT2D eigenvalue weighted by atomic mass is 16.5. The number of nitrogens with zero attached hydrogens (tertiary/aromatic N) is 6. The number of aromatic nitrogens is 5. The molecule has 232 valence electrons. The number of ether oxygens (including phenoxy) is 2. The second-order valence-electron chi connectivity index (χ2n) is 12.1. The molecule has 10 heteroatoms. The molecule has 2 aliphatic heterocycles. The molecule has 4 aromatic heterocycles. The molecule has 46 heavy (non-hydrogen) atoms. The number of hydrogen-bond donors (Lipinski definition) is 1. The van der Waals surface area contributed by atoms with Crippen LogP contribution in [-0.2, 0) is 13.1 Å². The van der Waals surface area contributed by atoms with E-state index in [9.17, 15) is 4.79 Å². The van der Waals surface area contributed by atoms with E-state index in [1.54, 1.807) is 7.11 Å². The van der Waals surface area contributed by atoms with E-state index in [4.69, 9.17) is 25.2 Å². The molecule has 0 aliphatic carbocycles. The average Bonchev–Trinajstić information content (AvgIpc) is 3.63. The number of nitrogens with two attached hydrogens (primary N) is 1. The minimum absolute atomic E-state index is 0.0116. The summed E-state index contributed by atoms with van der Waals surface area (Å²) in [6.07, 6.45) is 8.17. The molecule has 0 radical (unpaired) electrons. The quantitative estimate of drug-likeness (QED) is 0.274. The van der Waals surface area contributed by atoms with Crippen LogP contribution in [-0.4, -0.2) is 67.7 Å². The summed E-state index contributed by atoms with van der Waals surface area (Å²) in [6.45, 7) is 2.93. The van der Waals surface area contributed by atoms with Crippen molar-refractivity contribution in [2.75, 3.05) is 26.8 Å². The summed E-state index contributed by atoms with van der Waals surface area (Å²) in [6, 6.07) is 20.1. The molecular formula is C36H35N7O3. The minimum Gasteiger partial charge on any atom is -0.494 e. The van der Waals surface area contributed by atoms with Gasteiger partial charge in [0.25, 0.3) is 5.91 Å². The van der Waals surface area contributed by atoms with Crippen LogP contribution in [0.2, 0.25) is 0 Å².